The van der Waals surface area contributed by atoms with Crippen LogP contribution in [0.15, 0.2) is 22.7 Å². The molecule has 6 heteroatoms. The van der Waals surface area contributed by atoms with Crippen LogP contribution in [-0.2, 0) is 6.54 Å². The highest BCUT2D eigenvalue weighted by Crippen LogP contribution is 2.21. The van der Waals surface area contributed by atoms with E-state index in [0.29, 0.717) is 5.56 Å². The lowest BCUT2D eigenvalue weighted by Gasteiger charge is -2.21. The first-order valence-corrected chi connectivity index (χ1v) is 7.96. The molecule has 2 N–H and O–H groups in total. The van der Waals surface area contributed by atoms with Crippen LogP contribution in [-0.4, -0.2) is 65.3 Å². The predicted octanol–water partition coefficient (Wildman–Crippen LogP) is 1.65. The van der Waals surface area contributed by atoms with Crippen molar-refractivity contribution < 1.29 is 15.0 Å². The van der Waals surface area contributed by atoms with Gasteiger partial charge < -0.3 is 10.2 Å². The monoisotopic (exact) mass is 356 g/mol. The zero-order valence-electron chi connectivity index (χ0n) is 12.0. The van der Waals surface area contributed by atoms with Crippen molar-refractivity contribution in [2.24, 2.45) is 0 Å². The van der Waals surface area contributed by atoms with E-state index < -0.39 is 5.97 Å². The van der Waals surface area contributed by atoms with Crippen molar-refractivity contribution in [2.75, 3.05) is 39.3 Å². The Hall–Kier alpha value is -0.950. The number of carbonyl (C=O) groups is 1. The van der Waals surface area contributed by atoms with E-state index in [1.807, 2.05) is 6.07 Å². The molecule has 1 aliphatic rings. The molecule has 21 heavy (non-hydrogen) atoms. The van der Waals surface area contributed by atoms with Crippen molar-refractivity contribution in [3.05, 3.63) is 33.8 Å². The van der Waals surface area contributed by atoms with Crippen LogP contribution in [0.25, 0.3) is 0 Å². The average molecular weight is 357 g/mol. The molecule has 0 spiro atoms. The van der Waals surface area contributed by atoms with Gasteiger partial charge in [-0.1, -0.05) is 22.0 Å². The van der Waals surface area contributed by atoms with E-state index in [0.717, 1.165) is 55.7 Å². The number of benzene rings is 1. The lowest BCUT2D eigenvalue weighted by molar-refractivity contribution is 0.0696. The van der Waals surface area contributed by atoms with Crippen LogP contribution in [0.4, 0.5) is 0 Å². The summed E-state index contributed by atoms with van der Waals surface area (Å²) < 4.78 is 0.846. The first kappa shape index (κ1) is 16.4. The van der Waals surface area contributed by atoms with Gasteiger partial charge in [-0.15, -0.1) is 0 Å². The van der Waals surface area contributed by atoms with Gasteiger partial charge in [0, 0.05) is 30.7 Å². The minimum absolute atomic E-state index is 0.211. The number of carboxylic acid groups (broad SMARTS) is 1. The summed E-state index contributed by atoms with van der Waals surface area (Å²) in [5.41, 5.74) is 1.41. The number of β-amino-alcohol motifs (C(OH)–C–C–N with tert-alkyl or cyclic N) is 1. The van der Waals surface area contributed by atoms with Crippen LogP contribution in [0.1, 0.15) is 22.3 Å². The van der Waals surface area contributed by atoms with Gasteiger partial charge in [0.2, 0.25) is 0 Å². The molecule has 1 aromatic carbocycles. The summed E-state index contributed by atoms with van der Waals surface area (Å²) in [5, 5.41) is 18.0. The van der Waals surface area contributed by atoms with E-state index >= 15 is 0 Å². The average Bonchev–Trinajstić information content (AvgIpc) is 2.67. The molecule has 5 nitrogen and oxygen atoms in total. The fourth-order valence-corrected chi connectivity index (χ4v) is 3.10. The summed E-state index contributed by atoms with van der Waals surface area (Å²) in [6, 6.07) is 5.19. The van der Waals surface area contributed by atoms with Gasteiger partial charge in [-0.2, -0.15) is 0 Å². The van der Waals surface area contributed by atoms with Crippen LogP contribution in [0, 0.1) is 0 Å². The second-order valence-electron chi connectivity index (χ2n) is 5.31. The molecule has 1 fully saturated rings. The largest absolute Gasteiger partial charge is 0.478 e. The Morgan fingerprint density at radius 3 is 2.57 bits per heavy atom. The lowest BCUT2D eigenvalue weighted by atomic mass is 10.1. The third kappa shape index (κ3) is 4.78. The Bertz CT molecular complexity index is 496. The van der Waals surface area contributed by atoms with E-state index in [9.17, 15) is 4.79 Å². The second-order valence-corrected chi connectivity index (χ2v) is 6.16. The fourth-order valence-electron chi connectivity index (χ4n) is 2.60. The summed E-state index contributed by atoms with van der Waals surface area (Å²) in [4.78, 5) is 15.6. The predicted molar refractivity (Wildman–Crippen MR) is 84.5 cm³/mol. The molecule has 1 heterocycles. The smallest absolute Gasteiger partial charge is 0.335 e. The van der Waals surface area contributed by atoms with Crippen molar-refractivity contribution in [3.63, 3.8) is 0 Å². The lowest BCUT2D eigenvalue weighted by Crippen LogP contribution is -2.32. The molecule has 1 saturated heterocycles. The number of hydrogen-bond acceptors (Lipinski definition) is 4. The van der Waals surface area contributed by atoms with Crippen LogP contribution in [0.5, 0.6) is 0 Å². The molecule has 2 rings (SSSR count). The Labute approximate surface area is 133 Å². The van der Waals surface area contributed by atoms with Crippen molar-refractivity contribution in [1.82, 2.24) is 9.80 Å². The number of aliphatic hydroxyl groups excluding tert-OH is 1. The van der Waals surface area contributed by atoms with Crippen molar-refractivity contribution >= 4 is 21.9 Å². The van der Waals surface area contributed by atoms with E-state index in [1.165, 1.54) is 0 Å². The second kappa shape index (κ2) is 7.89. The molecule has 1 aromatic rings. The molecule has 0 unspecified atom stereocenters. The molecule has 0 amide bonds. The van der Waals surface area contributed by atoms with E-state index in [4.69, 9.17) is 10.2 Å². The highest BCUT2D eigenvalue weighted by molar-refractivity contribution is 9.10. The Morgan fingerprint density at radius 1 is 1.19 bits per heavy atom. The normalized spacial score (nSPS) is 17.6. The van der Waals surface area contributed by atoms with Gasteiger partial charge in [0.15, 0.2) is 0 Å². The molecular weight excluding hydrogens is 336 g/mol. The highest BCUT2D eigenvalue weighted by atomic mass is 79.9. The van der Waals surface area contributed by atoms with Gasteiger partial charge in [-0.3, -0.25) is 9.80 Å². The fraction of sp³-hybridized carbons (Fsp3) is 0.533. The van der Waals surface area contributed by atoms with Crippen LogP contribution in [0.3, 0.4) is 0 Å². The molecule has 1 aliphatic heterocycles. The zero-order valence-corrected chi connectivity index (χ0v) is 13.5. The minimum atomic E-state index is -0.906. The van der Waals surface area contributed by atoms with Crippen molar-refractivity contribution in [1.29, 1.82) is 0 Å². The summed E-state index contributed by atoms with van der Waals surface area (Å²) in [6.45, 7) is 5.74. The molecule has 0 aromatic heterocycles. The molecule has 0 aliphatic carbocycles. The number of rotatable bonds is 5. The van der Waals surface area contributed by atoms with E-state index in [1.54, 1.807) is 12.1 Å². The van der Waals surface area contributed by atoms with E-state index in [-0.39, 0.29) is 6.61 Å². The molecule has 0 atom stereocenters. The van der Waals surface area contributed by atoms with Gasteiger partial charge in [0.1, 0.15) is 0 Å². The SMILES string of the molecule is O=C(O)c1ccc(CN2CCCN(CCO)CC2)c(Br)c1. The number of halogens is 1. The topological polar surface area (TPSA) is 64.0 Å². The quantitative estimate of drug-likeness (QED) is 0.839. The van der Waals surface area contributed by atoms with E-state index in [2.05, 4.69) is 25.7 Å². The molecule has 0 bridgehead atoms. The van der Waals surface area contributed by atoms with Gasteiger partial charge in [-0.05, 0) is 37.2 Å². The van der Waals surface area contributed by atoms with Crippen LogP contribution < -0.4 is 0 Å². The number of aromatic carboxylic acids is 1. The van der Waals surface area contributed by atoms with Crippen LogP contribution >= 0.6 is 15.9 Å². The van der Waals surface area contributed by atoms with Crippen LogP contribution in [0.2, 0.25) is 0 Å². The Kier molecular flexibility index (Phi) is 6.17. The Morgan fingerprint density at radius 2 is 1.90 bits per heavy atom. The minimum Gasteiger partial charge on any atom is -0.478 e. The first-order chi connectivity index (χ1) is 10.1. The summed E-state index contributed by atoms with van der Waals surface area (Å²) in [7, 11) is 0. The maximum absolute atomic E-state index is 10.9. The molecule has 0 saturated carbocycles. The van der Waals surface area contributed by atoms with Gasteiger partial charge >= 0.3 is 5.97 Å². The van der Waals surface area contributed by atoms with Gasteiger partial charge in [-0.25, -0.2) is 4.79 Å². The number of aliphatic hydroxyl groups is 1. The zero-order chi connectivity index (χ0) is 15.2. The highest BCUT2D eigenvalue weighted by Gasteiger charge is 2.16. The third-order valence-electron chi connectivity index (χ3n) is 3.79. The van der Waals surface area contributed by atoms with Crippen molar-refractivity contribution in [2.45, 2.75) is 13.0 Å². The standard InChI is InChI=1S/C15H21BrN2O3/c16-14-10-12(15(20)21)2-3-13(14)11-18-5-1-4-17(6-7-18)8-9-19/h2-3,10,19H,1,4-9,11H2,(H,20,21). The molecule has 0 radical (unpaired) electrons. The molecule has 116 valence electrons. The number of nitrogens with zero attached hydrogens (tertiary/aromatic N) is 2. The summed E-state index contributed by atoms with van der Waals surface area (Å²) in [6.07, 6.45) is 1.09. The third-order valence-corrected chi connectivity index (χ3v) is 4.53. The maximum atomic E-state index is 10.9. The summed E-state index contributed by atoms with van der Waals surface area (Å²) >= 11 is 3.47. The van der Waals surface area contributed by atoms with Crippen molar-refractivity contribution in [3.8, 4) is 0 Å². The van der Waals surface area contributed by atoms with Gasteiger partial charge in [0.25, 0.3) is 0 Å². The number of hydrogen-bond donors (Lipinski definition) is 2. The van der Waals surface area contributed by atoms with Gasteiger partial charge in [0.05, 0.1) is 12.2 Å². The Balaban J connectivity index is 1.97. The summed E-state index contributed by atoms with van der Waals surface area (Å²) in [5.74, 6) is -0.906. The first-order valence-electron chi connectivity index (χ1n) is 7.17. The maximum Gasteiger partial charge on any atom is 0.335 e. The number of carboxylic acids is 1. The molecular formula is C15H21BrN2O3.